The number of carbonyl (C=O) groups excluding carboxylic acids is 1. The van der Waals surface area contributed by atoms with Crippen molar-refractivity contribution in [3.05, 3.63) is 48.2 Å². The van der Waals surface area contributed by atoms with Gasteiger partial charge in [-0.25, -0.2) is 18.9 Å². The lowest BCUT2D eigenvalue weighted by atomic mass is 10.2. The van der Waals surface area contributed by atoms with Crippen molar-refractivity contribution in [3.8, 4) is 0 Å². The molecule has 10 heteroatoms. The van der Waals surface area contributed by atoms with Gasteiger partial charge < -0.3 is 20.3 Å². The van der Waals surface area contributed by atoms with E-state index in [2.05, 4.69) is 30.6 Å². The van der Waals surface area contributed by atoms with Gasteiger partial charge in [-0.3, -0.25) is 4.79 Å². The SMILES string of the molecule is O=C(NC1(CNc2ccc(F)cn2)CC1)c1cnn2ccc(N3CCOCC3)nc12. The molecule has 1 saturated heterocycles. The van der Waals surface area contributed by atoms with Gasteiger partial charge in [-0.2, -0.15) is 5.10 Å². The van der Waals surface area contributed by atoms with Gasteiger partial charge in [0.15, 0.2) is 5.65 Å². The summed E-state index contributed by atoms with van der Waals surface area (Å²) in [5.41, 5.74) is 0.625. The number of hydrogen-bond donors (Lipinski definition) is 2. The number of pyridine rings is 1. The molecule has 3 aromatic heterocycles. The van der Waals surface area contributed by atoms with E-state index in [-0.39, 0.29) is 17.3 Å². The lowest BCUT2D eigenvalue weighted by molar-refractivity contribution is 0.0935. The van der Waals surface area contributed by atoms with Crippen LogP contribution in [0.1, 0.15) is 23.2 Å². The molecule has 1 saturated carbocycles. The molecule has 3 aromatic rings. The number of nitrogens with zero attached hydrogens (tertiary/aromatic N) is 5. The number of hydrogen-bond acceptors (Lipinski definition) is 7. The minimum absolute atomic E-state index is 0.206. The highest BCUT2D eigenvalue weighted by Crippen LogP contribution is 2.36. The normalized spacial score (nSPS) is 17.7. The summed E-state index contributed by atoms with van der Waals surface area (Å²) in [5, 5.41) is 10.5. The summed E-state index contributed by atoms with van der Waals surface area (Å²) in [5.74, 6) is 0.797. The second-order valence-corrected chi connectivity index (χ2v) is 7.66. The first-order chi connectivity index (χ1) is 14.6. The number of carbonyl (C=O) groups is 1. The Bertz CT molecular complexity index is 1060. The zero-order valence-corrected chi connectivity index (χ0v) is 16.3. The van der Waals surface area contributed by atoms with Crippen molar-refractivity contribution in [2.24, 2.45) is 0 Å². The minimum atomic E-state index is -0.382. The highest BCUT2D eigenvalue weighted by Gasteiger charge is 2.44. The van der Waals surface area contributed by atoms with Gasteiger partial charge >= 0.3 is 0 Å². The van der Waals surface area contributed by atoms with Crippen LogP contribution in [0.5, 0.6) is 0 Å². The Balaban J connectivity index is 1.30. The van der Waals surface area contributed by atoms with Gasteiger partial charge in [0.2, 0.25) is 0 Å². The van der Waals surface area contributed by atoms with E-state index in [1.165, 1.54) is 6.07 Å². The maximum absolute atomic E-state index is 13.0. The summed E-state index contributed by atoms with van der Waals surface area (Å²) in [7, 11) is 0. The first-order valence-electron chi connectivity index (χ1n) is 9.97. The molecular formula is C20H22FN7O2. The number of fused-ring (bicyclic) bond motifs is 1. The lowest BCUT2D eigenvalue weighted by Crippen LogP contribution is -2.42. The maximum atomic E-state index is 13.0. The fourth-order valence-corrected chi connectivity index (χ4v) is 3.53. The predicted molar refractivity (Wildman–Crippen MR) is 108 cm³/mol. The third-order valence-corrected chi connectivity index (χ3v) is 5.50. The van der Waals surface area contributed by atoms with Gasteiger partial charge in [-0.1, -0.05) is 0 Å². The van der Waals surface area contributed by atoms with E-state index in [9.17, 15) is 9.18 Å². The highest BCUT2D eigenvalue weighted by molar-refractivity contribution is 6.00. The Morgan fingerprint density at radius 2 is 2.03 bits per heavy atom. The Morgan fingerprint density at radius 3 is 2.77 bits per heavy atom. The molecule has 0 atom stereocenters. The molecule has 0 radical (unpaired) electrons. The molecule has 0 spiro atoms. The second kappa shape index (κ2) is 7.52. The second-order valence-electron chi connectivity index (χ2n) is 7.66. The van der Waals surface area contributed by atoms with Crippen LogP contribution in [0, 0.1) is 5.82 Å². The fourth-order valence-electron chi connectivity index (χ4n) is 3.53. The first-order valence-corrected chi connectivity index (χ1v) is 9.97. The molecule has 2 fully saturated rings. The van der Waals surface area contributed by atoms with E-state index in [0.29, 0.717) is 36.8 Å². The van der Waals surface area contributed by atoms with Crippen LogP contribution >= 0.6 is 0 Å². The zero-order valence-electron chi connectivity index (χ0n) is 16.3. The van der Waals surface area contributed by atoms with E-state index >= 15 is 0 Å². The average Bonchev–Trinajstić information content (AvgIpc) is 3.40. The van der Waals surface area contributed by atoms with Crippen LogP contribution < -0.4 is 15.5 Å². The summed E-state index contributed by atoms with van der Waals surface area (Å²) in [6.45, 7) is 3.38. The van der Waals surface area contributed by atoms with Crippen LogP contribution in [0.2, 0.25) is 0 Å². The third-order valence-electron chi connectivity index (χ3n) is 5.50. The van der Waals surface area contributed by atoms with E-state index in [1.54, 1.807) is 16.8 Å². The molecule has 0 unspecified atom stereocenters. The number of halogens is 1. The zero-order chi connectivity index (χ0) is 20.6. The molecule has 0 aromatic carbocycles. The summed E-state index contributed by atoms with van der Waals surface area (Å²) in [6.07, 6.45) is 6.25. The van der Waals surface area contributed by atoms with Crippen LogP contribution in [-0.4, -0.2) is 63.9 Å². The van der Waals surface area contributed by atoms with Gasteiger partial charge in [0.1, 0.15) is 23.0 Å². The number of aromatic nitrogens is 4. The standard InChI is InChI=1S/C20H22FN7O2/c21-14-1-2-16(22-11-14)23-13-20(4-5-20)26-19(29)15-12-24-28-6-3-17(25-18(15)28)27-7-9-30-10-8-27/h1-3,6,11-12H,4-5,7-10,13H2,(H,22,23)(H,26,29). The summed E-state index contributed by atoms with van der Waals surface area (Å²) < 4.78 is 20.0. The molecule has 5 rings (SSSR count). The molecule has 9 nitrogen and oxygen atoms in total. The van der Waals surface area contributed by atoms with Gasteiger partial charge in [0, 0.05) is 25.8 Å². The molecule has 1 amide bonds. The Kier molecular flexibility index (Phi) is 4.70. The van der Waals surface area contributed by atoms with Crippen LogP contribution in [0.25, 0.3) is 5.65 Å². The number of nitrogens with one attached hydrogen (secondary N) is 2. The predicted octanol–water partition coefficient (Wildman–Crippen LogP) is 1.47. The van der Waals surface area contributed by atoms with Crippen molar-refractivity contribution in [2.45, 2.75) is 18.4 Å². The minimum Gasteiger partial charge on any atom is -0.378 e. The van der Waals surface area contributed by atoms with Crippen LogP contribution in [0.3, 0.4) is 0 Å². The molecule has 156 valence electrons. The number of rotatable bonds is 6. The summed E-state index contributed by atoms with van der Waals surface area (Å²) in [4.78, 5) is 23.8. The van der Waals surface area contributed by atoms with Gasteiger partial charge in [0.25, 0.3) is 5.91 Å². The van der Waals surface area contributed by atoms with Crippen LogP contribution in [0.15, 0.2) is 36.8 Å². The Labute approximate surface area is 172 Å². The fraction of sp³-hybridized carbons (Fsp3) is 0.400. The van der Waals surface area contributed by atoms with Crippen molar-refractivity contribution in [1.82, 2.24) is 24.9 Å². The first kappa shape index (κ1) is 18.7. The Morgan fingerprint density at radius 1 is 1.20 bits per heavy atom. The van der Waals surface area contributed by atoms with Crippen LogP contribution in [-0.2, 0) is 4.74 Å². The molecule has 30 heavy (non-hydrogen) atoms. The van der Waals surface area contributed by atoms with Crippen molar-refractivity contribution in [3.63, 3.8) is 0 Å². The smallest absolute Gasteiger partial charge is 0.257 e. The topological polar surface area (TPSA) is 96.7 Å². The van der Waals surface area contributed by atoms with Gasteiger partial charge in [-0.05, 0) is 31.0 Å². The maximum Gasteiger partial charge on any atom is 0.257 e. The molecule has 1 aliphatic heterocycles. The van der Waals surface area contributed by atoms with Gasteiger partial charge in [-0.15, -0.1) is 0 Å². The number of anilines is 2. The van der Waals surface area contributed by atoms with Crippen molar-refractivity contribution < 1.29 is 13.9 Å². The van der Waals surface area contributed by atoms with Crippen molar-refractivity contribution in [2.75, 3.05) is 43.1 Å². The van der Waals surface area contributed by atoms with Crippen molar-refractivity contribution in [1.29, 1.82) is 0 Å². The summed E-state index contributed by atoms with van der Waals surface area (Å²) in [6, 6.07) is 4.83. The number of ether oxygens (including phenoxy) is 1. The van der Waals surface area contributed by atoms with Crippen LogP contribution in [0.4, 0.5) is 16.0 Å². The molecule has 1 aliphatic carbocycles. The molecule has 4 heterocycles. The summed E-state index contributed by atoms with van der Waals surface area (Å²) >= 11 is 0. The lowest BCUT2D eigenvalue weighted by Gasteiger charge is -2.27. The largest absolute Gasteiger partial charge is 0.378 e. The number of amides is 1. The molecular weight excluding hydrogens is 389 g/mol. The van der Waals surface area contributed by atoms with Crippen molar-refractivity contribution >= 4 is 23.2 Å². The molecule has 2 aliphatic rings. The monoisotopic (exact) mass is 411 g/mol. The van der Waals surface area contributed by atoms with E-state index < -0.39 is 0 Å². The highest BCUT2D eigenvalue weighted by atomic mass is 19.1. The van der Waals surface area contributed by atoms with E-state index in [0.717, 1.165) is 37.9 Å². The van der Waals surface area contributed by atoms with E-state index in [4.69, 9.17) is 4.74 Å². The average molecular weight is 411 g/mol. The quantitative estimate of drug-likeness (QED) is 0.634. The van der Waals surface area contributed by atoms with Gasteiger partial charge in [0.05, 0.1) is 31.1 Å². The molecule has 2 N–H and O–H groups in total. The Hall–Kier alpha value is -3.27. The van der Waals surface area contributed by atoms with E-state index in [1.807, 2.05) is 12.3 Å². The molecule has 0 bridgehead atoms. The number of morpholine rings is 1. The third kappa shape index (κ3) is 3.78.